The number of nitrogens with zero attached hydrogens (tertiary/aromatic N) is 2. The Morgan fingerprint density at radius 3 is 2.85 bits per heavy atom. The van der Waals surface area contributed by atoms with Gasteiger partial charge in [-0.25, -0.2) is 10.3 Å². The third-order valence-corrected chi connectivity index (χ3v) is 5.11. The summed E-state index contributed by atoms with van der Waals surface area (Å²) in [5.74, 6) is 0.398. The highest BCUT2D eigenvalue weighted by Crippen LogP contribution is 2.29. The molecule has 0 bridgehead atoms. The van der Waals surface area contributed by atoms with Gasteiger partial charge in [-0.2, -0.15) is 4.98 Å². The van der Waals surface area contributed by atoms with Gasteiger partial charge >= 0.3 is 5.69 Å². The second-order valence-corrected chi connectivity index (χ2v) is 7.07. The standard InChI is InChI=1S/C17H25N3O7/c21-9-13-12(22)7-14(26-13)20-8-10-6-11(27-19-16(10)18-17(20)23)2-3-15-24-4-1-5-25-15/h8,11-15,21-22H,1-7,9H2,(H,18,19,23). The minimum atomic E-state index is -0.812. The van der Waals surface area contributed by atoms with Crippen LogP contribution in [0.4, 0.5) is 5.82 Å². The van der Waals surface area contributed by atoms with Crippen LogP contribution in [0.1, 0.15) is 37.5 Å². The molecule has 0 aromatic carbocycles. The highest BCUT2D eigenvalue weighted by molar-refractivity contribution is 5.42. The molecular formula is C17H25N3O7. The molecule has 2 fully saturated rings. The Hall–Kier alpha value is -1.56. The van der Waals surface area contributed by atoms with E-state index in [0.717, 1.165) is 38.0 Å². The van der Waals surface area contributed by atoms with Gasteiger partial charge in [-0.15, -0.1) is 0 Å². The third-order valence-electron chi connectivity index (χ3n) is 5.11. The highest BCUT2D eigenvalue weighted by atomic mass is 16.7. The second kappa shape index (κ2) is 8.21. The number of ether oxygens (including phenoxy) is 3. The molecule has 150 valence electrons. The van der Waals surface area contributed by atoms with E-state index < -0.39 is 24.1 Å². The topological polar surface area (TPSA) is 124 Å². The number of nitrogens with one attached hydrogen (secondary N) is 1. The molecule has 0 spiro atoms. The molecule has 0 aliphatic carbocycles. The Kier molecular flexibility index (Phi) is 5.71. The average molecular weight is 383 g/mol. The lowest BCUT2D eigenvalue weighted by molar-refractivity contribution is -0.184. The molecule has 4 unspecified atom stereocenters. The zero-order chi connectivity index (χ0) is 18.8. The summed E-state index contributed by atoms with van der Waals surface area (Å²) in [6, 6.07) is 0. The first-order chi connectivity index (χ1) is 13.1. The van der Waals surface area contributed by atoms with Crippen LogP contribution in [0.3, 0.4) is 0 Å². The van der Waals surface area contributed by atoms with Crippen molar-refractivity contribution in [3.05, 3.63) is 22.2 Å². The van der Waals surface area contributed by atoms with Crippen LogP contribution >= 0.6 is 0 Å². The van der Waals surface area contributed by atoms with Crippen LogP contribution in [0.15, 0.2) is 11.0 Å². The van der Waals surface area contributed by atoms with Gasteiger partial charge in [0.25, 0.3) is 0 Å². The summed E-state index contributed by atoms with van der Waals surface area (Å²) >= 11 is 0. The maximum atomic E-state index is 12.3. The van der Waals surface area contributed by atoms with Crippen LogP contribution in [0.5, 0.6) is 0 Å². The van der Waals surface area contributed by atoms with E-state index in [0.29, 0.717) is 12.2 Å². The van der Waals surface area contributed by atoms with E-state index in [1.54, 1.807) is 6.20 Å². The molecule has 0 radical (unpaired) electrons. The molecule has 3 aliphatic heterocycles. The smallest absolute Gasteiger partial charge is 0.351 e. The van der Waals surface area contributed by atoms with Gasteiger partial charge in [-0.05, 0) is 12.8 Å². The summed E-state index contributed by atoms with van der Waals surface area (Å²) in [6.07, 6.45) is 2.45. The molecule has 1 aromatic rings. The first-order valence-electron chi connectivity index (χ1n) is 9.35. The molecule has 1 aromatic heterocycles. The fraction of sp³-hybridized carbons (Fsp3) is 0.765. The van der Waals surface area contributed by atoms with Gasteiger partial charge in [0.15, 0.2) is 12.1 Å². The van der Waals surface area contributed by atoms with E-state index >= 15 is 0 Å². The number of anilines is 1. The van der Waals surface area contributed by atoms with E-state index in [4.69, 9.17) is 19.0 Å². The van der Waals surface area contributed by atoms with Gasteiger partial charge in [-0.3, -0.25) is 9.40 Å². The van der Waals surface area contributed by atoms with Gasteiger partial charge in [0.05, 0.1) is 32.0 Å². The number of rotatable bonds is 5. The van der Waals surface area contributed by atoms with Crippen LogP contribution < -0.4 is 11.2 Å². The van der Waals surface area contributed by atoms with Crippen molar-refractivity contribution < 1.29 is 29.3 Å². The Bertz CT molecular complexity index is 706. The monoisotopic (exact) mass is 383 g/mol. The molecule has 0 saturated carbocycles. The second-order valence-electron chi connectivity index (χ2n) is 7.07. The SMILES string of the molecule is O=c1nc2c(cn1C1CC(O)C(CO)O1)CC(CCC1OCCCO1)ON2. The Morgan fingerprint density at radius 1 is 1.30 bits per heavy atom. The molecule has 3 N–H and O–H groups in total. The zero-order valence-corrected chi connectivity index (χ0v) is 15.0. The largest absolute Gasteiger partial charge is 0.394 e. The predicted octanol–water partition coefficient (Wildman–Crippen LogP) is -0.305. The molecule has 4 rings (SSSR count). The molecule has 27 heavy (non-hydrogen) atoms. The fourth-order valence-corrected chi connectivity index (χ4v) is 3.62. The highest BCUT2D eigenvalue weighted by Gasteiger charge is 2.35. The van der Waals surface area contributed by atoms with Crippen LogP contribution in [0.2, 0.25) is 0 Å². The maximum absolute atomic E-state index is 12.3. The lowest BCUT2D eigenvalue weighted by Crippen LogP contribution is -2.34. The fourth-order valence-electron chi connectivity index (χ4n) is 3.62. The van der Waals surface area contributed by atoms with Crippen molar-refractivity contribution in [2.75, 3.05) is 25.3 Å². The van der Waals surface area contributed by atoms with E-state index in [9.17, 15) is 15.0 Å². The normalized spacial score (nSPS) is 31.5. The molecule has 0 amide bonds. The summed E-state index contributed by atoms with van der Waals surface area (Å²) < 4.78 is 18.1. The van der Waals surface area contributed by atoms with Crippen molar-refractivity contribution in [3.8, 4) is 0 Å². The van der Waals surface area contributed by atoms with Crippen molar-refractivity contribution in [1.29, 1.82) is 0 Å². The molecule has 4 atom stereocenters. The maximum Gasteiger partial charge on any atom is 0.351 e. The minimum Gasteiger partial charge on any atom is -0.394 e. The van der Waals surface area contributed by atoms with Gasteiger partial charge < -0.3 is 24.4 Å². The third kappa shape index (κ3) is 4.15. The predicted molar refractivity (Wildman–Crippen MR) is 91.9 cm³/mol. The van der Waals surface area contributed by atoms with Crippen LogP contribution in [0.25, 0.3) is 0 Å². The minimum absolute atomic E-state index is 0.0975. The first-order valence-corrected chi connectivity index (χ1v) is 9.35. The van der Waals surface area contributed by atoms with Crippen LogP contribution in [-0.4, -0.2) is 64.2 Å². The van der Waals surface area contributed by atoms with E-state index in [1.165, 1.54) is 4.57 Å². The summed E-state index contributed by atoms with van der Waals surface area (Å²) in [5, 5.41) is 19.1. The lowest BCUT2D eigenvalue weighted by Gasteiger charge is -2.28. The number of hydrogen-bond acceptors (Lipinski definition) is 9. The van der Waals surface area contributed by atoms with Crippen LogP contribution in [-0.2, 0) is 25.5 Å². The van der Waals surface area contributed by atoms with Crippen molar-refractivity contribution in [3.63, 3.8) is 0 Å². The van der Waals surface area contributed by atoms with Crippen molar-refractivity contribution in [2.45, 2.75) is 62.9 Å². The van der Waals surface area contributed by atoms with Gasteiger partial charge in [0, 0.05) is 31.0 Å². The number of fused-ring (bicyclic) bond motifs is 1. The Labute approximate surface area is 156 Å². The quantitative estimate of drug-likeness (QED) is 0.628. The van der Waals surface area contributed by atoms with E-state index in [-0.39, 0.29) is 25.4 Å². The molecule has 4 heterocycles. The first kappa shape index (κ1) is 18.8. The summed E-state index contributed by atoms with van der Waals surface area (Å²) in [5.41, 5.74) is 3.09. The van der Waals surface area contributed by atoms with Crippen molar-refractivity contribution >= 4 is 5.82 Å². The molecular weight excluding hydrogens is 358 g/mol. The summed E-state index contributed by atoms with van der Waals surface area (Å²) in [4.78, 5) is 21.9. The molecule has 2 saturated heterocycles. The molecule has 10 nitrogen and oxygen atoms in total. The Morgan fingerprint density at radius 2 is 2.11 bits per heavy atom. The molecule has 3 aliphatic rings. The van der Waals surface area contributed by atoms with Crippen molar-refractivity contribution in [2.24, 2.45) is 0 Å². The van der Waals surface area contributed by atoms with E-state index in [1.807, 2.05) is 0 Å². The van der Waals surface area contributed by atoms with Crippen molar-refractivity contribution in [1.82, 2.24) is 9.55 Å². The number of aliphatic hydroxyl groups excluding tert-OH is 2. The number of aromatic nitrogens is 2. The summed E-state index contributed by atoms with van der Waals surface area (Å²) in [6.45, 7) is 1.14. The molecule has 10 heteroatoms. The van der Waals surface area contributed by atoms with Gasteiger partial charge in [-0.1, -0.05) is 0 Å². The van der Waals surface area contributed by atoms with Gasteiger partial charge in [0.2, 0.25) is 0 Å². The number of aliphatic hydroxyl groups is 2. The van der Waals surface area contributed by atoms with Crippen LogP contribution in [0, 0.1) is 0 Å². The zero-order valence-electron chi connectivity index (χ0n) is 15.0. The summed E-state index contributed by atoms with van der Waals surface area (Å²) in [7, 11) is 0. The lowest BCUT2D eigenvalue weighted by atomic mass is 10.0. The Balaban J connectivity index is 1.42. The number of hydrogen-bond donors (Lipinski definition) is 3. The van der Waals surface area contributed by atoms with E-state index in [2.05, 4.69) is 10.5 Å². The average Bonchev–Trinajstić information content (AvgIpc) is 3.07. The van der Waals surface area contributed by atoms with Gasteiger partial charge in [0.1, 0.15) is 12.3 Å².